The van der Waals surface area contributed by atoms with Gasteiger partial charge in [-0.05, 0) is 48.9 Å². The highest BCUT2D eigenvalue weighted by molar-refractivity contribution is 6.30. The molecule has 0 unspecified atom stereocenters. The van der Waals surface area contributed by atoms with E-state index < -0.39 is 6.10 Å². The van der Waals surface area contributed by atoms with Crippen LogP contribution in [0.1, 0.15) is 12.5 Å². The molecule has 1 atom stereocenters. The van der Waals surface area contributed by atoms with Crippen LogP contribution in [0.5, 0.6) is 11.5 Å². The zero-order valence-electron chi connectivity index (χ0n) is 10.6. The molecule has 0 bridgehead atoms. The van der Waals surface area contributed by atoms with E-state index in [9.17, 15) is 5.11 Å². The van der Waals surface area contributed by atoms with Gasteiger partial charge < -0.3 is 9.84 Å². The number of hydrogen-bond donors (Lipinski definition) is 1. The molecule has 2 rings (SSSR count). The number of ether oxygens (including phenoxy) is 1. The molecule has 3 heteroatoms. The predicted molar refractivity (Wildman–Crippen MR) is 78.7 cm³/mol. The highest BCUT2D eigenvalue weighted by Gasteiger charge is 1.98. The first-order valence-corrected chi connectivity index (χ1v) is 6.41. The highest BCUT2D eigenvalue weighted by Crippen LogP contribution is 2.24. The van der Waals surface area contributed by atoms with Gasteiger partial charge in [-0.1, -0.05) is 35.9 Å². The van der Waals surface area contributed by atoms with Gasteiger partial charge in [-0.15, -0.1) is 0 Å². The van der Waals surface area contributed by atoms with Gasteiger partial charge in [0.05, 0.1) is 6.10 Å². The lowest BCUT2D eigenvalue weighted by Crippen LogP contribution is -1.91. The van der Waals surface area contributed by atoms with Crippen molar-refractivity contribution in [2.45, 2.75) is 13.0 Å². The Balaban J connectivity index is 2.12. The normalized spacial score (nSPS) is 12.6. The molecule has 0 aliphatic heterocycles. The van der Waals surface area contributed by atoms with Gasteiger partial charge >= 0.3 is 0 Å². The molecule has 0 amide bonds. The van der Waals surface area contributed by atoms with Crippen molar-refractivity contribution in [3.8, 4) is 11.5 Å². The summed E-state index contributed by atoms with van der Waals surface area (Å²) in [5.74, 6) is 1.48. The Morgan fingerprint density at radius 2 is 1.84 bits per heavy atom. The number of halogens is 1. The van der Waals surface area contributed by atoms with Crippen LogP contribution in [0.2, 0.25) is 5.02 Å². The monoisotopic (exact) mass is 274 g/mol. The number of aliphatic hydroxyl groups excluding tert-OH is 1. The molecule has 19 heavy (non-hydrogen) atoms. The third-order valence-electron chi connectivity index (χ3n) is 2.47. The van der Waals surface area contributed by atoms with Crippen LogP contribution >= 0.6 is 11.6 Å². The number of benzene rings is 2. The van der Waals surface area contributed by atoms with Crippen molar-refractivity contribution in [3.63, 3.8) is 0 Å². The molecule has 0 fully saturated rings. The minimum atomic E-state index is -0.458. The molecular weight excluding hydrogens is 260 g/mol. The fourth-order valence-electron chi connectivity index (χ4n) is 1.57. The van der Waals surface area contributed by atoms with Gasteiger partial charge in [0.2, 0.25) is 0 Å². The summed E-state index contributed by atoms with van der Waals surface area (Å²) in [6, 6.07) is 14.9. The standard InChI is InChI=1S/C16H15ClO2/c1-12(18)5-6-13-3-2-4-16(11-13)19-15-9-7-14(17)8-10-15/h2-12,18H,1H3/b6-5+/t12-/m1/s1. The van der Waals surface area contributed by atoms with Gasteiger partial charge in [-0.25, -0.2) is 0 Å². The molecule has 0 aliphatic carbocycles. The van der Waals surface area contributed by atoms with Crippen LogP contribution < -0.4 is 4.74 Å². The summed E-state index contributed by atoms with van der Waals surface area (Å²) >= 11 is 5.82. The second-order valence-corrected chi connectivity index (χ2v) is 4.66. The van der Waals surface area contributed by atoms with Gasteiger partial charge in [-0.3, -0.25) is 0 Å². The minimum Gasteiger partial charge on any atom is -0.457 e. The summed E-state index contributed by atoms with van der Waals surface area (Å²) in [6.45, 7) is 1.71. The van der Waals surface area contributed by atoms with Crippen LogP contribution in [-0.2, 0) is 0 Å². The van der Waals surface area contributed by atoms with Crippen molar-refractivity contribution in [2.24, 2.45) is 0 Å². The minimum absolute atomic E-state index is 0.458. The maximum absolute atomic E-state index is 9.21. The lowest BCUT2D eigenvalue weighted by molar-refractivity contribution is 0.245. The highest BCUT2D eigenvalue weighted by atomic mass is 35.5. The average Bonchev–Trinajstić information content (AvgIpc) is 2.40. The Morgan fingerprint density at radius 1 is 1.11 bits per heavy atom. The molecule has 1 N–H and O–H groups in total. The number of rotatable bonds is 4. The van der Waals surface area contributed by atoms with Crippen molar-refractivity contribution in [2.75, 3.05) is 0 Å². The molecule has 2 aromatic carbocycles. The quantitative estimate of drug-likeness (QED) is 0.888. The van der Waals surface area contributed by atoms with Crippen LogP contribution in [0.25, 0.3) is 6.08 Å². The predicted octanol–water partition coefficient (Wildman–Crippen LogP) is 4.53. The van der Waals surface area contributed by atoms with Gasteiger partial charge in [0.1, 0.15) is 11.5 Å². The summed E-state index contributed by atoms with van der Waals surface area (Å²) in [5, 5.41) is 9.90. The van der Waals surface area contributed by atoms with E-state index in [1.165, 1.54) is 0 Å². The van der Waals surface area contributed by atoms with Crippen molar-refractivity contribution >= 4 is 17.7 Å². The summed E-state index contributed by atoms with van der Waals surface area (Å²) in [6.07, 6.45) is 3.13. The Bertz CT molecular complexity index is 559. The van der Waals surface area contributed by atoms with Crippen LogP contribution in [0, 0.1) is 0 Å². The smallest absolute Gasteiger partial charge is 0.128 e. The average molecular weight is 275 g/mol. The molecule has 0 saturated carbocycles. The fraction of sp³-hybridized carbons (Fsp3) is 0.125. The second-order valence-electron chi connectivity index (χ2n) is 4.23. The first-order valence-electron chi connectivity index (χ1n) is 6.03. The van der Waals surface area contributed by atoms with Crippen LogP contribution in [0.3, 0.4) is 0 Å². The van der Waals surface area contributed by atoms with Crippen molar-refractivity contribution < 1.29 is 9.84 Å². The Hall–Kier alpha value is -1.77. The lowest BCUT2D eigenvalue weighted by atomic mass is 10.2. The largest absolute Gasteiger partial charge is 0.457 e. The summed E-state index contributed by atoms with van der Waals surface area (Å²) in [5.41, 5.74) is 0.979. The third kappa shape index (κ3) is 4.43. The Morgan fingerprint density at radius 3 is 2.53 bits per heavy atom. The van der Waals surface area contributed by atoms with Crippen LogP contribution in [0.4, 0.5) is 0 Å². The van der Waals surface area contributed by atoms with Crippen molar-refractivity contribution in [1.29, 1.82) is 0 Å². The Labute approximate surface area is 117 Å². The topological polar surface area (TPSA) is 29.5 Å². The van der Waals surface area contributed by atoms with E-state index in [0.717, 1.165) is 17.1 Å². The maximum Gasteiger partial charge on any atom is 0.128 e. The van der Waals surface area contributed by atoms with Crippen LogP contribution in [0.15, 0.2) is 54.6 Å². The first kappa shape index (κ1) is 13.7. The Kier molecular flexibility index (Phi) is 4.61. The third-order valence-corrected chi connectivity index (χ3v) is 2.73. The van der Waals surface area contributed by atoms with E-state index in [0.29, 0.717) is 5.02 Å². The zero-order chi connectivity index (χ0) is 13.7. The zero-order valence-corrected chi connectivity index (χ0v) is 11.3. The number of hydrogen-bond acceptors (Lipinski definition) is 2. The van der Waals surface area contributed by atoms with E-state index in [1.54, 1.807) is 25.1 Å². The fourth-order valence-corrected chi connectivity index (χ4v) is 1.70. The van der Waals surface area contributed by atoms with Gasteiger partial charge in [0, 0.05) is 5.02 Å². The molecule has 0 aliphatic rings. The van der Waals surface area contributed by atoms with E-state index in [-0.39, 0.29) is 0 Å². The van der Waals surface area contributed by atoms with E-state index in [2.05, 4.69) is 0 Å². The number of aliphatic hydroxyl groups is 1. The SMILES string of the molecule is C[C@@H](O)/C=C/c1cccc(Oc2ccc(Cl)cc2)c1. The molecule has 98 valence electrons. The van der Waals surface area contributed by atoms with Gasteiger partial charge in [0.25, 0.3) is 0 Å². The lowest BCUT2D eigenvalue weighted by Gasteiger charge is -2.06. The molecular formula is C16H15ClO2. The molecule has 0 heterocycles. The molecule has 0 spiro atoms. The van der Waals surface area contributed by atoms with Crippen molar-refractivity contribution in [3.05, 3.63) is 65.2 Å². The molecule has 0 radical (unpaired) electrons. The molecule has 2 aromatic rings. The summed E-state index contributed by atoms with van der Waals surface area (Å²) in [4.78, 5) is 0. The summed E-state index contributed by atoms with van der Waals surface area (Å²) in [7, 11) is 0. The second kappa shape index (κ2) is 6.41. The van der Waals surface area contributed by atoms with Gasteiger partial charge in [-0.2, -0.15) is 0 Å². The summed E-state index contributed by atoms with van der Waals surface area (Å²) < 4.78 is 5.73. The van der Waals surface area contributed by atoms with Crippen LogP contribution in [-0.4, -0.2) is 11.2 Å². The maximum atomic E-state index is 9.21. The molecule has 2 nitrogen and oxygen atoms in total. The van der Waals surface area contributed by atoms with Crippen molar-refractivity contribution in [1.82, 2.24) is 0 Å². The van der Waals surface area contributed by atoms with E-state index >= 15 is 0 Å². The first-order chi connectivity index (χ1) is 9.13. The molecule has 0 aromatic heterocycles. The van der Waals surface area contributed by atoms with E-state index in [1.807, 2.05) is 42.5 Å². The van der Waals surface area contributed by atoms with Gasteiger partial charge in [0.15, 0.2) is 0 Å². The van der Waals surface area contributed by atoms with E-state index in [4.69, 9.17) is 16.3 Å². The molecule has 0 saturated heterocycles.